The molecule has 1 aromatic heterocycles. The topological polar surface area (TPSA) is 110 Å². The maximum absolute atomic E-state index is 12.2. The number of carbonyl (C=O) groups is 1. The van der Waals surface area contributed by atoms with E-state index < -0.39 is 0 Å². The summed E-state index contributed by atoms with van der Waals surface area (Å²) in [5, 5.41) is 20.3. The van der Waals surface area contributed by atoms with E-state index in [2.05, 4.69) is 15.5 Å². The second-order valence-corrected chi connectivity index (χ2v) is 6.94. The van der Waals surface area contributed by atoms with E-state index in [4.69, 9.17) is 30.8 Å². The molecular weight excluding hydrogens is 404 g/mol. The van der Waals surface area contributed by atoms with Gasteiger partial charge in [0.25, 0.3) is 5.22 Å². The molecule has 1 aliphatic heterocycles. The number of amides is 1. The third kappa shape index (κ3) is 3.88. The Labute approximate surface area is 168 Å². The molecule has 0 unspecified atom stereocenters. The number of nitrogens with zero attached hydrogens (tertiary/aromatic N) is 3. The maximum Gasteiger partial charge on any atom is 0.277 e. The van der Waals surface area contributed by atoms with E-state index in [1.165, 1.54) is 6.07 Å². The quantitative estimate of drug-likeness (QED) is 0.629. The first-order chi connectivity index (χ1) is 13.6. The normalized spacial score (nSPS) is 11.9. The Morgan fingerprint density at radius 2 is 2.07 bits per heavy atom. The van der Waals surface area contributed by atoms with Crippen molar-refractivity contribution in [2.75, 3.05) is 17.9 Å². The maximum atomic E-state index is 12.2. The molecule has 0 bridgehead atoms. The monoisotopic (exact) mass is 414 g/mol. The number of aromatic nitrogens is 2. The highest BCUT2D eigenvalue weighted by molar-refractivity contribution is 7.99. The molecule has 140 valence electrons. The van der Waals surface area contributed by atoms with Crippen LogP contribution in [-0.4, -0.2) is 28.7 Å². The van der Waals surface area contributed by atoms with E-state index in [0.29, 0.717) is 39.2 Å². The van der Waals surface area contributed by atoms with Crippen LogP contribution in [0.25, 0.3) is 11.5 Å². The van der Waals surface area contributed by atoms with Crippen molar-refractivity contribution in [3.05, 3.63) is 47.0 Å². The Balaban J connectivity index is 1.39. The Morgan fingerprint density at radius 3 is 2.93 bits per heavy atom. The lowest BCUT2D eigenvalue weighted by Crippen LogP contribution is -2.15. The molecule has 0 fully saturated rings. The van der Waals surface area contributed by atoms with Crippen molar-refractivity contribution in [3.8, 4) is 29.0 Å². The molecule has 0 saturated carbocycles. The summed E-state index contributed by atoms with van der Waals surface area (Å²) in [4.78, 5) is 12.2. The summed E-state index contributed by atoms with van der Waals surface area (Å²) in [6.45, 7) is 0.180. The molecule has 3 aromatic rings. The number of rotatable bonds is 5. The van der Waals surface area contributed by atoms with Crippen LogP contribution in [0.5, 0.6) is 11.5 Å². The molecule has 8 nitrogen and oxygen atoms in total. The molecule has 4 rings (SSSR count). The number of hydrogen-bond acceptors (Lipinski definition) is 8. The van der Waals surface area contributed by atoms with Crippen LogP contribution in [0, 0.1) is 11.3 Å². The van der Waals surface area contributed by atoms with Gasteiger partial charge in [-0.3, -0.25) is 4.79 Å². The van der Waals surface area contributed by atoms with E-state index >= 15 is 0 Å². The zero-order valence-electron chi connectivity index (χ0n) is 14.1. The van der Waals surface area contributed by atoms with E-state index in [1.54, 1.807) is 30.3 Å². The SMILES string of the molecule is N#Cc1ccc(Cl)cc1NC(=O)CSc1nnc(-c2ccc3c(c2)OCO3)o1. The van der Waals surface area contributed by atoms with Crippen LogP contribution in [0.2, 0.25) is 5.02 Å². The first-order valence-corrected chi connectivity index (χ1v) is 9.34. The summed E-state index contributed by atoms with van der Waals surface area (Å²) in [6.07, 6.45) is 0. The lowest BCUT2D eigenvalue weighted by molar-refractivity contribution is -0.113. The second kappa shape index (κ2) is 7.80. The van der Waals surface area contributed by atoms with Crippen LogP contribution in [0.15, 0.2) is 46.0 Å². The van der Waals surface area contributed by atoms with Crippen molar-refractivity contribution in [1.82, 2.24) is 10.2 Å². The Hall–Kier alpha value is -3.22. The minimum Gasteiger partial charge on any atom is -0.454 e. The van der Waals surface area contributed by atoms with E-state index in [-0.39, 0.29) is 23.7 Å². The third-order valence-electron chi connectivity index (χ3n) is 3.73. The van der Waals surface area contributed by atoms with Crippen LogP contribution in [-0.2, 0) is 4.79 Å². The number of benzene rings is 2. The summed E-state index contributed by atoms with van der Waals surface area (Å²) in [6, 6.07) is 11.9. The van der Waals surface area contributed by atoms with Gasteiger partial charge in [0.05, 0.1) is 17.0 Å². The van der Waals surface area contributed by atoms with Crippen molar-refractivity contribution in [1.29, 1.82) is 5.26 Å². The number of hydrogen-bond donors (Lipinski definition) is 1. The van der Waals surface area contributed by atoms with Gasteiger partial charge in [-0.1, -0.05) is 23.4 Å². The number of carbonyl (C=O) groups excluding carboxylic acids is 1. The second-order valence-electron chi connectivity index (χ2n) is 5.58. The van der Waals surface area contributed by atoms with Gasteiger partial charge in [0, 0.05) is 10.6 Å². The van der Waals surface area contributed by atoms with Crippen LogP contribution in [0.1, 0.15) is 5.56 Å². The zero-order chi connectivity index (χ0) is 19.5. The summed E-state index contributed by atoms with van der Waals surface area (Å²) in [5.41, 5.74) is 1.36. The molecule has 10 heteroatoms. The summed E-state index contributed by atoms with van der Waals surface area (Å²) in [5.74, 6) is 1.28. The number of nitriles is 1. The number of nitrogens with one attached hydrogen (secondary N) is 1. The number of ether oxygens (including phenoxy) is 2. The van der Waals surface area contributed by atoms with Gasteiger partial charge in [0.15, 0.2) is 11.5 Å². The number of fused-ring (bicyclic) bond motifs is 1. The molecule has 0 radical (unpaired) electrons. The molecule has 28 heavy (non-hydrogen) atoms. The van der Waals surface area contributed by atoms with Crippen LogP contribution in [0.4, 0.5) is 5.69 Å². The van der Waals surface area contributed by atoms with E-state index in [9.17, 15) is 4.79 Å². The fourth-order valence-electron chi connectivity index (χ4n) is 2.45. The van der Waals surface area contributed by atoms with Gasteiger partial charge >= 0.3 is 0 Å². The average Bonchev–Trinajstić information content (AvgIpc) is 3.35. The summed E-state index contributed by atoms with van der Waals surface area (Å²) < 4.78 is 16.2. The van der Waals surface area contributed by atoms with Gasteiger partial charge in [-0.25, -0.2) is 0 Å². The molecule has 0 saturated heterocycles. The number of thioether (sulfide) groups is 1. The van der Waals surface area contributed by atoms with Crippen LogP contribution < -0.4 is 14.8 Å². The number of halogens is 1. The van der Waals surface area contributed by atoms with E-state index in [1.807, 2.05) is 6.07 Å². The van der Waals surface area contributed by atoms with Gasteiger partial charge in [0.2, 0.25) is 18.6 Å². The van der Waals surface area contributed by atoms with Crippen molar-refractivity contribution in [3.63, 3.8) is 0 Å². The standard InChI is InChI=1S/C18H11ClN4O4S/c19-12-3-1-11(7-20)13(6-12)21-16(24)8-28-18-23-22-17(27-18)10-2-4-14-15(5-10)26-9-25-14/h1-6H,8-9H2,(H,21,24). The first-order valence-electron chi connectivity index (χ1n) is 7.98. The fraction of sp³-hybridized carbons (Fsp3) is 0.111. The van der Waals surface area contributed by atoms with Crippen molar-refractivity contribution >= 4 is 35.0 Å². The lowest BCUT2D eigenvalue weighted by Gasteiger charge is -2.06. The highest BCUT2D eigenvalue weighted by Crippen LogP contribution is 2.36. The van der Waals surface area contributed by atoms with Crippen molar-refractivity contribution < 1.29 is 18.7 Å². The molecule has 0 atom stereocenters. The molecule has 0 aliphatic carbocycles. The minimum absolute atomic E-state index is 0.0279. The van der Waals surface area contributed by atoms with E-state index in [0.717, 1.165) is 11.8 Å². The molecule has 1 N–H and O–H groups in total. The molecule has 2 aromatic carbocycles. The molecule has 2 heterocycles. The van der Waals surface area contributed by atoms with Crippen LogP contribution in [0.3, 0.4) is 0 Å². The highest BCUT2D eigenvalue weighted by atomic mass is 35.5. The average molecular weight is 415 g/mol. The summed E-state index contributed by atoms with van der Waals surface area (Å²) >= 11 is 6.99. The van der Waals surface area contributed by atoms with Gasteiger partial charge in [-0.15, -0.1) is 10.2 Å². The third-order valence-corrected chi connectivity index (χ3v) is 4.78. The van der Waals surface area contributed by atoms with Gasteiger partial charge in [-0.2, -0.15) is 5.26 Å². The molecule has 0 spiro atoms. The lowest BCUT2D eigenvalue weighted by atomic mass is 10.2. The largest absolute Gasteiger partial charge is 0.454 e. The minimum atomic E-state index is -0.327. The zero-order valence-corrected chi connectivity index (χ0v) is 15.7. The van der Waals surface area contributed by atoms with Crippen LogP contribution >= 0.6 is 23.4 Å². The smallest absolute Gasteiger partial charge is 0.277 e. The fourth-order valence-corrected chi connectivity index (χ4v) is 3.18. The molecule has 1 amide bonds. The van der Waals surface area contributed by atoms with Gasteiger partial charge < -0.3 is 19.2 Å². The molecule has 1 aliphatic rings. The Bertz CT molecular complexity index is 1100. The molecular formula is C18H11ClN4O4S. The van der Waals surface area contributed by atoms with Crippen molar-refractivity contribution in [2.45, 2.75) is 5.22 Å². The first kappa shape index (κ1) is 18.2. The predicted octanol–water partition coefficient (Wildman–Crippen LogP) is 3.72. The Kier molecular flexibility index (Phi) is 5.06. The Morgan fingerprint density at radius 1 is 1.21 bits per heavy atom. The predicted molar refractivity (Wildman–Crippen MR) is 101 cm³/mol. The van der Waals surface area contributed by atoms with Crippen molar-refractivity contribution in [2.24, 2.45) is 0 Å². The highest BCUT2D eigenvalue weighted by Gasteiger charge is 2.17. The number of anilines is 1. The van der Waals surface area contributed by atoms with Gasteiger partial charge in [-0.05, 0) is 36.4 Å². The van der Waals surface area contributed by atoms with Gasteiger partial charge in [0.1, 0.15) is 6.07 Å². The summed E-state index contributed by atoms with van der Waals surface area (Å²) in [7, 11) is 0.